The van der Waals surface area contributed by atoms with Crippen LogP contribution in [-0.4, -0.2) is 15.0 Å². The van der Waals surface area contributed by atoms with Crippen LogP contribution in [0.2, 0.25) is 0 Å². The van der Waals surface area contributed by atoms with Gasteiger partial charge in [0.2, 0.25) is 0 Å². The lowest BCUT2D eigenvalue weighted by atomic mass is 10.0. The van der Waals surface area contributed by atoms with E-state index in [0.29, 0.717) is 6.54 Å². The zero-order valence-electron chi connectivity index (χ0n) is 12.8. The van der Waals surface area contributed by atoms with E-state index < -0.39 is 0 Å². The summed E-state index contributed by atoms with van der Waals surface area (Å²) in [5.41, 5.74) is 4.49. The molecule has 4 aromatic rings. The number of nitrogens with zero attached hydrogens (tertiary/aromatic N) is 2. The van der Waals surface area contributed by atoms with Gasteiger partial charge in [-0.3, -0.25) is 4.98 Å². The number of halogens is 1. The number of rotatable bonds is 4. The molecule has 0 atom stereocenters. The summed E-state index contributed by atoms with van der Waals surface area (Å²) < 4.78 is 13.5. The molecule has 0 amide bonds. The molecular formula is C19H15FN4. The van der Waals surface area contributed by atoms with Gasteiger partial charge in [0, 0.05) is 23.6 Å². The summed E-state index contributed by atoms with van der Waals surface area (Å²) in [4.78, 5) is 12.0. The van der Waals surface area contributed by atoms with Gasteiger partial charge in [0.1, 0.15) is 11.6 Å². The number of imidazole rings is 1. The van der Waals surface area contributed by atoms with Crippen LogP contribution in [0.1, 0.15) is 5.82 Å². The molecular weight excluding hydrogens is 303 g/mol. The van der Waals surface area contributed by atoms with E-state index in [1.807, 2.05) is 36.4 Å². The fraction of sp³-hybridized carbons (Fsp3) is 0.0526. The first-order valence-corrected chi connectivity index (χ1v) is 7.67. The van der Waals surface area contributed by atoms with Crippen LogP contribution in [0.25, 0.3) is 22.2 Å². The normalized spacial score (nSPS) is 10.9. The summed E-state index contributed by atoms with van der Waals surface area (Å²) in [6, 6.07) is 16.3. The van der Waals surface area contributed by atoms with Gasteiger partial charge < -0.3 is 10.3 Å². The van der Waals surface area contributed by atoms with E-state index in [-0.39, 0.29) is 5.82 Å². The topological polar surface area (TPSA) is 53.6 Å². The maximum atomic E-state index is 13.5. The number of aromatic nitrogens is 3. The van der Waals surface area contributed by atoms with Crippen molar-refractivity contribution in [3.05, 3.63) is 78.6 Å². The summed E-state index contributed by atoms with van der Waals surface area (Å²) in [6.45, 7) is 0.571. The predicted octanol–water partition coefficient (Wildman–Crippen LogP) is 4.38. The number of hydrogen-bond donors (Lipinski definition) is 2. The average molecular weight is 318 g/mol. The fourth-order valence-electron chi connectivity index (χ4n) is 2.71. The van der Waals surface area contributed by atoms with Crippen LogP contribution in [-0.2, 0) is 6.54 Å². The quantitative estimate of drug-likeness (QED) is 0.587. The molecule has 0 bridgehead atoms. The summed E-state index contributed by atoms with van der Waals surface area (Å²) in [5.74, 6) is 0.574. The van der Waals surface area contributed by atoms with Crippen molar-refractivity contribution in [1.82, 2.24) is 15.0 Å². The SMILES string of the molecule is Fc1cccc(-c2cccc3[nH]c(CNc4ccncc4)nc23)c1. The van der Waals surface area contributed by atoms with Crippen molar-refractivity contribution < 1.29 is 4.39 Å². The van der Waals surface area contributed by atoms with Gasteiger partial charge in [0.15, 0.2) is 0 Å². The van der Waals surface area contributed by atoms with Crippen molar-refractivity contribution in [2.75, 3.05) is 5.32 Å². The van der Waals surface area contributed by atoms with Gasteiger partial charge in [-0.05, 0) is 35.9 Å². The van der Waals surface area contributed by atoms with Crippen molar-refractivity contribution in [1.29, 1.82) is 0 Å². The van der Waals surface area contributed by atoms with E-state index in [9.17, 15) is 4.39 Å². The molecule has 4 rings (SSSR count). The number of H-pyrrole nitrogens is 1. The van der Waals surface area contributed by atoms with E-state index >= 15 is 0 Å². The summed E-state index contributed by atoms with van der Waals surface area (Å²) in [5, 5.41) is 3.30. The lowest BCUT2D eigenvalue weighted by Crippen LogP contribution is -2.00. The number of aromatic amines is 1. The number of fused-ring (bicyclic) bond motifs is 1. The molecule has 0 saturated carbocycles. The van der Waals surface area contributed by atoms with Crippen LogP contribution in [0.5, 0.6) is 0 Å². The number of para-hydroxylation sites is 1. The van der Waals surface area contributed by atoms with E-state index in [1.165, 1.54) is 12.1 Å². The highest BCUT2D eigenvalue weighted by Gasteiger charge is 2.09. The Bertz CT molecular complexity index is 979. The molecule has 2 heterocycles. The highest BCUT2D eigenvalue weighted by Crippen LogP contribution is 2.27. The first-order chi connectivity index (χ1) is 11.8. The lowest BCUT2D eigenvalue weighted by molar-refractivity contribution is 0.628. The predicted molar refractivity (Wildman–Crippen MR) is 93.1 cm³/mol. The van der Waals surface area contributed by atoms with Crippen molar-refractivity contribution in [3.63, 3.8) is 0 Å². The smallest absolute Gasteiger partial charge is 0.126 e. The number of hydrogen-bond acceptors (Lipinski definition) is 3. The Labute approximate surface area is 138 Å². The minimum absolute atomic E-state index is 0.250. The van der Waals surface area contributed by atoms with Crippen LogP contribution >= 0.6 is 0 Å². The first-order valence-electron chi connectivity index (χ1n) is 7.67. The van der Waals surface area contributed by atoms with Crippen LogP contribution < -0.4 is 5.32 Å². The van der Waals surface area contributed by atoms with Crippen molar-refractivity contribution in [2.24, 2.45) is 0 Å². The monoisotopic (exact) mass is 318 g/mol. The minimum Gasteiger partial charge on any atom is -0.378 e. The molecule has 0 unspecified atom stereocenters. The molecule has 5 heteroatoms. The van der Waals surface area contributed by atoms with Gasteiger partial charge in [-0.25, -0.2) is 9.37 Å². The van der Waals surface area contributed by atoms with Crippen LogP contribution in [0.4, 0.5) is 10.1 Å². The molecule has 2 aromatic heterocycles. The lowest BCUT2D eigenvalue weighted by Gasteiger charge is -2.03. The minimum atomic E-state index is -0.250. The fourth-order valence-corrected chi connectivity index (χ4v) is 2.71. The highest BCUT2D eigenvalue weighted by molar-refractivity contribution is 5.92. The molecule has 0 aliphatic carbocycles. The van der Waals surface area contributed by atoms with Gasteiger partial charge in [-0.15, -0.1) is 0 Å². The second-order valence-corrected chi connectivity index (χ2v) is 5.49. The Kier molecular flexibility index (Phi) is 3.67. The molecule has 24 heavy (non-hydrogen) atoms. The molecule has 118 valence electrons. The zero-order chi connectivity index (χ0) is 16.4. The Morgan fingerprint density at radius 2 is 1.83 bits per heavy atom. The third kappa shape index (κ3) is 2.84. The largest absolute Gasteiger partial charge is 0.378 e. The number of anilines is 1. The zero-order valence-corrected chi connectivity index (χ0v) is 12.8. The Hall–Kier alpha value is -3.21. The van der Waals surface area contributed by atoms with Crippen molar-refractivity contribution >= 4 is 16.7 Å². The van der Waals surface area contributed by atoms with E-state index in [0.717, 1.165) is 33.7 Å². The molecule has 0 aliphatic rings. The Balaban J connectivity index is 1.67. The standard InChI is InChI=1S/C19H15FN4/c20-14-4-1-3-13(11-14)16-5-2-6-17-19(16)24-18(23-17)12-22-15-7-9-21-10-8-15/h1-11H,12H2,(H,21,22)(H,23,24). The van der Waals surface area contributed by atoms with Gasteiger partial charge in [-0.1, -0.05) is 24.3 Å². The van der Waals surface area contributed by atoms with Gasteiger partial charge in [0.05, 0.1) is 17.6 Å². The van der Waals surface area contributed by atoms with E-state index in [1.54, 1.807) is 18.5 Å². The summed E-state index contributed by atoms with van der Waals surface area (Å²) in [6.07, 6.45) is 3.48. The van der Waals surface area contributed by atoms with Crippen LogP contribution in [0.15, 0.2) is 67.0 Å². The van der Waals surface area contributed by atoms with Crippen molar-refractivity contribution in [2.45, 2.75) is 6.54 Å². The molecule has 4 nitrogen and oxygen atoms in total. The highest BCUT2D eigenvalue weighted by atomic mass is 19.1. The second-order valence-electron chi connectivity index (χ2n) is 5.49. The Morgan fingerprint density at radius 3 is 2.67 bits per heavy atom. The molecule has 0 spiro atoms. The van der Waals surface area contributed by atoms with Gasteiger partial charge >= 0.3 is 0 Å². The molecule has 0 aliphatic heterocycles. The molecule has 0 fully saturated rings. The number of nitrogens with one attached hydrogen (secondary N) is 2. The summed E-state index contributed by atoms with van der Waals surface area (Å²) >= 11 is 0. The van der Waals surface area contributed by atoms with Gasteiger partial charge in [-0.2, -0.15) is 0 Å². The third-order valence-corrected chi connectivity index (χ3v) is 3.84. The maximum absolute atomic E-state index is 13.5. The van der Waals surface area contributed by atoms with E-state index in [2.05, 4.69) is 20.3 Å². The second kappa shape index (κ2) is 6.12. The van der Waals surface area contributed by atoms with Crippen LogP contribution in [0, 0.1) is 5.82 Å². The summed E-state index contributed by atoms with van der Waals surface area (Å²) in [7, 11) is 0. The Morgan fingerprint density at radius 1 is 1.00 bits per heavy atom. The third-order valence-electron chi connectivity index (χ3n) is 3.84. The van der Waals surface area contributed by atoms with Crippen molar-refractivity contribution in [3.8, 4) is 11.1 Å². The number of benzene rings is 2. The molecule has 2 N–H and O–H groups in total. The maximum Gasteiger partial charge on any atom is 0.126 e. The van der Waals surface area contributed by atoms with Crippen LogP contribution in [0.3, 0.4) is 0 Å². The van der Waals surface area contributed by atoms with E-state index in [4.69, 9.17) is 0 Å². The molecule has 2 aromatic carbocycles. The first kappa shape index (κ1) is 14.4. The molecule has 0 radical (unpaired) electrons. The number of pyridine rings is 1. The van der Waals surface area contributed by atoms with Gasteiger partial charge in [0.25, 0.3) is 0 Å². The molecule has 0 saturated heterocycles. The average Bonchev–Trinajstić information content (AvgIpc) is 3.04.